The van der Waals surface area contributed by atoms with E-state index in [0.717, 1.165) is 25.0 Å². The van der Waals surface area contributed by atoms with Crippen LogP contribution in [0.2, 0.25) is 0 Å². The Balaban J connectivity index is 1.57. The molecule has 1 aliphatic carbocycles. The molecule has 2 aliphatic rings. The van der Waals surface area contributed by atoms with Gasteiger partial charge in [-0.2, -0.15) is 5.10 Å². The van der Waals surface area contributed by atoms with E-state index in [-0.39, 0.29) is 29.1 Å². The van der Waals surface area contributed by atoms with Gasteiger partial charge in [0, 0.05) is 23.2 Å². The fraction of sp³-hybridized carbons (Fsp3) is 0.476. The Bertz CT molecular complexity index is 949. The summed E-state index contributed by atoms with van der Waals surface area (Å²) >= 11 is 0. The predicted molar refractivity (Wildman–Crippen MR) is 111 cm³/mol. The number of urea groups is 1. The first kappa shape index (κ1) is 20.3. The van der Waals surface area contributed by atoms with Crippen LogP contribution in [0.4, 0.5) is 20.7 Å². The number of hydrogen-bond donors (Lipinski definition) is 4. The number of nitrogens with zero attached hydrogens (tertiary/aromatic N) is 2. The zero-order chi connectivity index (χ0) is 21.5. The van der Waals surface area contributed by atoms with Crippen molar-refractivity contribution in [3.05, 3.63) is 41.8 Å². The van der Waals surface area contributed by atoms with Gasteiger partial charge in [0.25, 0.3) is 0 Å². The van der Waals surface area contributed by atoms with Gasteiger partial charge in [0.15, 0.2) is 6.29 Å². The van der Waals surface area contributed by atoms with Crippen LogP contribution in [-0.2, 0) is 10.2 Å². The Kier molecular flexibility index (Phi) is 5.23. The Morgan fingerprint density at radius 3 is 2.63 bits per heavy atom. The highest BCUT2D eigenvalue weighted by Crippen LogP contribution is 2.32. The number of nitrogens with one attached hydrogen (secondary N) is 4. The standard InChI is InChI=1S/C21H27FN6O2/c1-21(2,3)16-11-17(25-20(30)23-13-9-7-12(22)8-10-13)28(27-16)19-24-15-6-4-5-14(15)18(29)26-19/h7-11,14-15,19,24H,4-6H2,1-3H3,(H,26,29)(H2,23,25,30). The number of rotatable bonds is 3. The third-order valence-electron chi connectivity index (χ3n) is 5.60. The van der Waals surface area contributed by atoms with E-state index in [9.17, 15) is 14.0 Å². The fourth-order valence-electron chi connectivity index (χ4n) is 3.95. The van der Waals surface area contributed by atoms with Gasteiger partial charge in [0.05, 0.1) is 11.6 Å². The molecule has 1 aromatic carbocycles. The van der Waals surface area contributed by atoms with Crippen molar-refractivity contribution in [3.63, 3.8) is 0 Å². The minimum absolute atomic E-state index is 0.00997. The van der Waals surface area contributed by atoms with Gasteiger partial charge >= 0.3 is 6.03 Å². The van der Waals surface area contributed by atoms with Crippen LogP contribution in [0, 0.1) is 11.7 Å². The SMILES string of the molecule is CC(C)(C)c1cc(NC(=O)Nc2ccc(F)cc2)n(C2NC(=O)C3CCCC3N2)n1. The molecule has 9 heteroatoms. The normalized spacial score (nSPS) is 23.6. The lowest BCUT2D eigenvalue weighted by atomic mass is 9.92. The third kappa shape index (κ3) is 4.16. The first-order chi connectivity index (χ1) is 14.2. The smallest absolute Gasteiger partial charge is 0.322 e. The number of anilines is 2. The Hall–Kier alpha value is -2.94. The van der Waals surface area contributed by atoms with Crippen LogP contribution >= 0.6 is 0 Å². The molecule has 1 aromatic heterocycles. The summed E-state index contributed by atoms with van der Waals surface area (Å²) in [5, 5.41) is 16.6. The molecular weight excluding hydrogens is 387 g/mol. The molecule has 3 unspecified atom stereocenters. The van der Waals surface area contributed by atoms with Crippen molar-refractivity contribution in [2.45, 2.75) is 57.8 Å². The van der Waals surface area contributed by atoms with Crippen molar-refractivity contribution in [2.24, 2.45) is 5.92 Å². The van der Waals surface area contributed by atoms with Crippen molar-refractivity contribution in [1.29, 1.82) is 0 Å². The lowest BCUT2D eigenvalue weighted by molar-refractivity contribution is -0.130. The van der Waals surface area contributed by atoms with E-state index in [1.54, 1.807) is 10.7 Å². The summed E-state index contributed by atoms with van der Waals surface area (Å²) in [4.78, 5) is 25.1. The highest BCUT2D eigenvalue weighted by atomic mass is 19.1. The van der Waals surface area contributed by atoms with Gasteiger partial charge in [-0.15, -0.1) is 0 Å². The van der Waals surface area contributed by atoms with Crippen molar-refractivity contribution >= 4 is 23.4 Å². The second-order valence-electron chi connectivity index (χ2n) is 8.92. The zero-order valence-corrected chi connectivity index (χ0v) is 17.3. The summed E-state index contributed by atoms with van der Waals surface area (Å²) < 4.78 is 14.7. The van der Waals surface area contributed by atoms with Crippen molar-refractivity contribution in [3.8, 4) is 0 Å². The number of benzene rings is 1. The molecule has 2 heterocycles. The first-order valence-corrected chi connectivity index (χ1v) is 10.2. The molecule has 160 valence electrons. The van der Waals surface area contributed by atoms with E-state index in [4.69, 9.17) is 0 Å². The Morgan fingerprint density at radius 2 is 1.93 bits per heavy atom. The molecule has 1 aliphatic heterocycles. The highest BCUT2D eigenvalue weighted by molar-refractivity contribution is 5.99. The van der Waals surface area contributed by atoms with E-state index < -0.39 is 12.3 Å². The second-order valence-corrected chi connectivity index (χ2v) is 8.92. The van der Waals surface area contributed by atoms with Crippen LogP contribution in [0.5, 0.6) is 0 Å². The molecule has 4 N–H and O–H groups in total. The molecule has 8 nitrogen and oxygen atoms in total. The van der Waals surface area contributed by atoms with Gasteiger partial charge in [-0.3, -0.25) is 15.4 Å². The zero-order valence-electron chi connectivity index (χ0n) is 17.3. The van der Waals surface area contributed by atoms with Crippen LogP contribution in [-0.4, -0.2) is 27.8 Å². The maximum Gasteiger partial charge on any atom is 0.324 e. The summed E-state index contributed by atoms with van der Waals surface area (Å²) in [6.45, 7) is 6.09. The van der Waals surface area contributed by atoms with Gasteiger partial charge < -0.3 is 10.6 Å². The van der Waals surface area contributed by atoms with Crippen LogP contribution in [0.25, 0.3) is 0 Å². The fourth-order valence-corrected chi connectivity index (χ4v) is 3.95. The molecule has 2 aromatic rings. The average Bonchev–Trinajstić information content (AvgIpc) is 3.30. The van der Waals surface area contributed by atoms with E-state index in [1.165, 1.54) is 24.3 Å². The monoisotopic (exact) mass is 414 g/mol. The number of amides is 3. The highest BCUT2D eigenvalue weighted by Gasteiger charge is 2.40. The molecule has 30 heavy (non-hydrogen) atoms. The van der Waals surface area contributed by atoms with Crippen LogP contribution < -0.4 is 21.3 Å². The molecule has 4 rings (SSSR count). The number of carbonyl (C=O) groups is 2. The molecular formula is C21H27FN6O2. The van der Waals surface area contributed by atoms with Crippen molar-refractivity contribution < 1.29 is 14.0 Å². The van der Waals surface area contributed by atoms with Crippen molar-refractivity contribution in [2.75, 3.05) is 10.6 Å². The van der Waals surface area contributed by atoms with E-state index in [0.29, 0.717) is 11.5 Å². The number of halogens is 1. The third-order valence-corrected chi connectivity index (χ3v) is 5.60. The quantitative estimate of drug-likeness (QED) is 0.619. The molecule has 1 saturated heterocycles. The van der Waals surface area contributed by atoms with E-state index >= 15 is 0 Å². The molecule has 0 spiro atoms. The molecule has 3 atom stereocenters. The Labute approximate surface area is 174 Å². The van der Waals surface area contributed by atoms with Gasteiger partial charge in [-0.05, 0) is 37.1 Å². The van der Waals surface area contributed by atoms with Crippen LogP contribution in [0.3, 0.4) is 0 Å². The molecule has 3 amide bonds. The lowest BCUT2D eigenvalue weighted by Gasteiger charge is -2.34. The predicted octanol–water partition coefficient (Wildman–Crippen LogP) is 3.31. The number of carbonyl (C=O) groups excluding carboxylic acids is 2. The molecule has 0 radical (unpaired) electrons. The minimum atomic E-state index is -0.547. The molecule has 1 saturated carbocycles. The maximum absolute atomic E-state index is 13.1. The number of fused-ring (bicyclic) bond motifs is 1. The van der Waals surface area contributed by atoms with Crippen molar-refractivity contribution in [1.82, 2.24) is 20.4 Å². The number of hydrogen-bond acceptors (Lipinski definition) is 4. The van der Waals surface area contributed by atoms with Gasteiger partial charge in [0.1, 0.15) is 11.6 Å². The largest absolute Gasteiger partial charge is 0.324 e. The van der Waals surface area contributed by atoms with Gasteiger partial charge in [-0.25, -0.2) is 13.9 Å². The van der Waals surface area contributed by atoms with Gasteiger partial charge in [-0.1, -0.05) is 27.2 Å². The topological polar surface area (TPSA) is 100 Å². The lowest BCUT2D eigenvalue weighted by Crippen LogP contribution is -2.57. The summed E-state index contributed by atoms with van der Waals surface area (Å²) in [6, 6.07) is 6.94. The molecule has 2 fully saturated rings. The van der Waals surface area contributed by atoms with Gasteiger partial charge in [0.2, 0.25) is 5.91 Å². The van der Waals surface area contributed by atoms with E-state index in [1.807, 2.05) is 20.8 Å². The molecule has 0 bridgehead atoms. The maximum atomic E-state index is 13.1. The second kappa shape index (κ2) is 7.71. The summed E-state index contributed by atoms with van der Waals surface area (Å²) in [5.41, 5.74) is 1.00. The summed E-state index contributed by atoms with van der Waals surface area (Å²) in [7, 11) is 0. The Morgan fingerprint density at radius 1 is 1.20 bits per heavy atom. The number of aromatic nitrogens is 2. The average molecular weight is 414 g/mol. The summed E-state index contributed by atoms with van der Waals surface area (Å²) in [6.07, 6.45) is 2.29. The first-order valence-electron chi connectivity index (χ1n) is 10.2. The van der Waals surface area contributed by atoms with Crippen LogP contribution in [0.1, 0.15) is 52.0 Å². The van der Waals surface area contributed by atoms with Crippen LogP contribution in [0.15, 0.2) is 30.3 Å². The van der Waals surface area contributed by atoms with E-state index in [2.05, 4.69) is 26.4 Å². The summed E-state index contributed by atoms with van der Waals surface area (Å²) in [5.74, 6) is 0.0693. The minimum Gasteiger partial charge on any atom is -0.322 e.